The van der Waals surface area contributed by atoms with Crippen LogP contribution in [0.1, 0.15) is 6.92 Å². The minimum atomic E-state index is 0.631. The summed E-state index contributed by atoms with van der Waals surface area (Å²) >= 11 is 1.63. The second kappa shape index (κ2) is 5.19. The summed E-state index contributed by atoms with van der Waals surface area (Å²) in [4.78, 5) is 12.8. The number of thiazole rings is 1. The van der Waals surface area contributed by atoms with Gasteiger partial charge in [0.25, 0.3) is 0 Å². The number of nitrogens with zero attached hydrogens (tertiary/aromatic N) is 3. The summed E-state index contributed by atoms with van der Waals surface area (Å²) < 4.78 is 1.16. The number of hydrogen-bond donors (Lipinski definition) is 2. The molecule has 0 aliphatic rings. The summed E-state index contributed by atoms with van der Waals surface area (Å²) in [5.41, 5.74) is 3.87. The quantitative estimate of drug-likeness (QED) is 0.762. The van der Waals surface area contributed by atoms with Crippen LogP contribution < -0.4 is 10.6 Å². The molecule has 0 radical (unpaired) electrons. The van der Waals surface area contributed by atoms with Gasteiger partial charge in [-0.15, -0.1) is 11.3 Å². The lowest BCUT2D eigenvalue weighted by atomic mass is 10.3. The molecule has 0 aliphatic heterocycles. The van der Waals surface area contributed by atoms with E-state index in [-0.39, 0.29) is 0 Å². The molecule has 0 fully saturated rings. The van der Waals surface area contributed by atoms with E-state index in [1.807, 2.05) is 30.6 Å². The molecule has 0 amide bonds. The molecule has 0 bridgehead atoms. The molecule has 2 N–H and O–H groups in total. The second-order valence-electron chi connectivity index (χ2n) is 3.96. The average Bonchev–Trinajstić information content (AvgIpc) is 2.87. The van der Waals surface area contributed by atoms with Crippen LogP contribution in [0.25, 0.3) is 10.2 Å². The third kappa shape index (κ3) is 2.63. The minimum absolute atomic E-state index is 0.631. The standard InChI is InChI=1S/C13H13N5S/c1-2-14-13-15-6-5-12(18-13)17-9-3-4-10-11(7-9)19-8-16-10/h3-8H,2H2,1H3,(H2,14,15,17,18). The van der Waals surface area contributed by atoms with Crippen LogP contribution in [0.5, 0.6) is 0 Å². The number of aromatic nitrogens is 3. The van der Waals surface area contributed by atoms with Gasteiger partial charge in [-0.2, -0.15) is 4.98 Å². The molecule has 19 heavy (non-hydrogen) atoms. The molecule has 0 aliphatic carbocycles. The predicted octanol–water partition coefficient (Wildman–Crippen LogP) is 3.26. The van der Waals surface area contributed by atoms with E-state index >= 15 is 0 Å². The van der Waals surface area contributed by atoms with Crippen LogP contribution >= 0.6 is 11.3 Å². The van der Waals surface area contributed by atoms with Crippen molar-refractivity contribution in [1.82, 2.24) is 15.0 Å². The van der Waals surface area contributed by atoms with Gasteiger partial charge in [0.2, 0.25) is 5.95 Å². The maximum atomic E-state index is 4.38. The van der Waals surface area contributed by atoms with Gasteiger partial charge in [0.15, 0.2) is 0 Å². The van der Waals surface area contributed by atoms with Gasteiger partial charge in [0.05, 0.1) is 15.7 Å². The van der Waals surface area contributed by atoms with Crippen LogP contribution in [0, 0.1) is 0 Å². The van der Waals surface area contributed by atoms with Crippen molar-refractivity contribution in [2.45, 2.75) is 6.92 Å². The molecule has 3 rings (SSSR count). The Hall–Kier alpha value is -2.21. The molecule has 96 valence electrons. The average molecular weight is 271 g/mol. The van der Waals surface area contributed by atoms with Gasteiger partial charge in [-0.1, -0.05) is 0 Å². The van der Waals surface area contributed by atoms with E-state index in [1.54, 1.807) is 17.5 Å². The Balaban J connectivity index is 1.85. The van der Waals surface area contributed by atoms with E-state index in [4.69, 9.17) is 0 Å². The summed E-state index contributed by atoms with van der Waals surface area (Å²) in [5, 5.41) is 6.36. The predicted molar refractivity (Wildman–Crippen MR) is 79.1 cm³/mol. The Morgan fingerprint density at radius 3 is 3.05 bits per heavy atom. The van der Waals surface area contributed by atoms with Crippen LogP contribution in [0.3, 0.4) is 0 Å². The molecule has 0 spiro atoms. The lowest BCUT2D eigenvalue weighted by Gasteiger charge is -2.07. The first-order valence-electron chi connectivity index (χ1n) is 6.02. The lowest BCUT2D eigenvalue weighted by Crippen LogP contribution is -2.03. The summed E-state index contributed by atoms with van der Waals surface area (Å²) in [7, 11) is 0. The molecule has 1 aromatic carbocycles. The van der Waals surface area contributed by atoms with E-state index < -0.39 is 0 Å². The highest BCUT2D eigenvalue weighted by atomic mass is 32.1. The zero-order chi connectivity index (χ0) is 13.1. The molecule has 0 saturated heterocycles. The highest BCUT2D eigenvalue weighted by Gasteiger charge is 2.01. The summed E-state index contributed by atoms with van der Waals surface area (Å²) in [6.45, 7) is 2.82. The summed E-state index contributed by atoms with van der Waals surface area (Å²) in [5.74, 6) is 1.40. The van der Waals surface area contributed by atoms with Gasteiger partial charge >= 0.3 is 0 Å². The van der Waals surface area contributed by atoms with Crippen molar-refractivity contribution in [2.75, 3.05) is 17.2 Å². The van der Waals surface area contributed by atoms with Crippen molar-refractivity contribution in [1.29, 1.82) is 0 Å². The van der Waals surface area contributed by atoms with Crippen LogP contribution in [-0.2, 0) is 0 Å². The Labute approximate surface area is 114 Å². The van der Waals surface area contributed by atoms with Crippen molar-refractivity contribution < 1.29 is 0 Å². The highest BCUT2D eigenvalue weighted by molar-refractivity contribution is 7.16. The SMILES string of the molecule is CCNc1nccc(Nc2ccc3ncsc3c2)n1. The van der Waals surface area contributed by atoms with E-state index in [9.17, 15) is 0 Å². The molecule has 5 nitrogen and oxygen atoms in total. The zero-order valence-electron chi connectivity index (χ0n) is 10.4. The van der Waals surface area contributed by atoms with Crippen LogP contribution in [0.2, 0.25) is 0 Å². The minimum Gasteiger partial charge on any atom is -0.354 e. The van der Waals surface area contributed by atoms with E-state index in [1.165, 1.54) is 0 Å². The lowest BCUT2D eigenvalue weighted by molar-refractivity contribution is 1.09. The smallest absolute Gasteiger partial charge is 0.224 e. The number of rotatable bonds is 4. The van der Waals surface area contributed by atoms with E-state index in [0.717, 1.165) is 28.3 Å². The maximum Gasteiger partial charge on any atom is 0.224 e. The van der Waals surface area contributed by atoms with Crippen molar-refractivity contribution in [3.05, 3.63) is 36.0 Å². The van der Waals surface area contributed by atoms with Crippen molar-refractivity contribution in [2.24, 2.45) is 0 Å². The second-order valence-corrected chi connectivity index (χ2v) is 4.84. The molecule has 2 aromatic heterocycles. The number of fused-ring (bicyclic) bond motifs is 1. The first kappa shape index (κ1) is 11.9. The van der Waals surface area contributed by atoms with Gasteiger partial charge in [0.1, 0.15) is 5.82 Å². The molecule has 2 heterocycles. The van der Waals surface area contributed by atoms with Gasteiger partial charge in [-0.3, -0.25) is 0 Å². The summed E-state index contributed by atoms with van der Waals surface area (Å²) in [6.07, 6.45) is 1.73. The van der Waals surface area contributed by atoms with E-state index in [0.29, 0.717) is 5.95 Å². The normalized spacial score (nSPS) is 10.6. The molecule has 0 unspecified atom stereocenters. The molecule has 0 atom stereocenters. The highest BCUT2D eigenvalue weighted by Crippen LogP contribution is 2.23. The third-order valence-corrected chi connectivity index (χ3v) is 3.39. The Bertz CT molecular complexity index is 694. The summed E-state index contributed by atoms with van der Waals surface area (Å²) in [6, 6.07) is 7.91. The van der Waals surface area contributed by atoms with E-state index in [2.05, 4.69) is 31.7 Å². The van der Waals surface area contributed by atoms with Gasteiger partial charge in [-0.05, 0) is 31.2 Å². The number of nitrogens with one attached hydrogen (secondary N) is 2. The topological polar surface area (TPSA) is 62.7 Å². The number of benzene rings is 1. The number of hydrogen-bond acceptors (Lipinski definition) is 6. The molecule has 0 saturated carbocycles. The van der Waals surface area contributed by atoms with Crippen molar-refractivity contribution in [3.63, 3.8) is 0 Å². The van der Waals surface area contributed by atoms with Gasteiger partial charge in [-0.25, -0.2) is 9.97 Å². The Morgan fingerprint density at radius 2 is 2.16 bits per heavy atom. The van der Waals surface area contributed by atoms with Crippen molar-refractivity contribution >= 4 is 39.0 Å². The maximum absolute atomic E-state index is 4.38. The molecular weight excluding hydrogens is 258 g/mol. The molecule has 3 aromatic rings. The van der Waals surface area contributed by atoms with Gasteiger partial charge in [0, 0.05) is 18.4 Å². The van der Waals surface area contributed by atoms with Crippen LogP contribution in [0.4, 0.5) is 17.5 Å². The first-order valence-corrected chi connectivity index (χ1v) is 6.90. The first-order chi connectivity index (χ1) is 9.35. The largest absolute Gasteiger partial charge is 0.354 e. The van der Waals surface area contributed by atoms with Crippen molar-refractivity contribution in [3.8, 4) is 0 Å². The third-order valence-electron chi connectivity index (χ3n) is 2.59. The zero-order valence-corrected chi connectivity index (χ0v) is 11.2. The fourth-order valence-electron chi connectivity index (χ4n) is 1.75. The fraction of sp³-hybridized carbons (Fsp3) is 0.154. The monoisotopic (exact) mass is 271 g/mol. The molecule has 6 heteroatoms. The molecular formula is C13H13N5S. The number of anilines is 3. The van der Waals surface area contributed by atoms with Crippen LogP contribution in [0.15, 0.2) is 36.0 Å². The Kier molecular flexibility index (Phi) is 3.24. The Morgan fingerprint density at radius 1 is 1.21 bits per heavy atom. The van der Waals surface area contributed by atoms with Gasteiger partial charge < -0.3 is 10.6 Å². The fourth-order valence-corrected chi connectivity index (χ4v) is 2.47. The van der Waals surface area contributed by atoms with Crippen LogP contribution in [-0.4, -0.2) is 21.5 Å².